The molecule has 0 aliphatic carbocycles. The zero-order valence-corrected chi connectivity index (χ0v) is 11.5. The second-order valence-electron chi connectivity index (χ2n) is 4.97. The van der Waals surface area contributed by atoms with E-state index in [1.54, 1.807) is 0 Å². The molecule has 0 bridgehead atoms. The van der Waals surface area contributed by atoms with Crippen LogP contribution >= 0.6 is 0 Å². The van der Waals surface area contributed by atoms with Crippen molar-refractivity contribution in [2.75, 3.05) is 13.6 Å². The smallest absolute Gasteiger partial charge is 0.342 e. The normalized spacial score (nSPS) is 12.0. The molecule has 108 valence electrons. The molecule has 0 aliphatic heterocycles. The van der Waals surface area contributed by atoms with Gasteiger partial charge in [0.2, 0.25) is 0 Å². The average Bonchev–Trinajstić information content (AvgIpc) is 2.66. The number of carbonyl (C=O) groups is 1. The standard InChI is InChI=1S/C12H18F3N3O/c1-8(2)5-6-17(3)11(19)9-7-18(4)16-10(9)12(13,14)15/h7-8H,5-6H2,1-4H3. The number of hydrogen-bond acceptors (Lipinski definition) is 2. The third kappa shape index (κ3) is 3.97. The van der Waals surface area contributed by atoms with Crippen LogP contribution in [0.3, 0.4) is 0 Å². The molecule has 7 heteroatoms. The molecule has 0 aromatic carbocycles. The number of alkyl halides is 3. The molecule has 1 aromatic heterocycles. The third-order valence-electron chi connectivity index (χ3n) is 2.72. The van der Waals surface area contributed by atoms with Gasteiger partial charge in [0.1, 0.15) is 0 Å². The van der Waals surface area contributed by atoms with Gasteiger partial charge in [0, 0.05) is 26.8 Å². The van der Waals surface area contributed by atoms with Crippen LogP contribution in [0.2, 0.25) is 0 Å². The van der Waals surface area contributed by atoms with Crippen molar-refractivity contribution in [2.24, 2.45) is 13.0 Å². The van der Waals surface area contributed by atoms with E-state index in [9.17, 15) is 18.0 Å². The lowest BCUT2D eigenvalue weighted by Crippen LogP contribution is -2.30. The Balaban J connectivity index is 2.93. The fourth-order valence-corrected chi connectivity index (χ4v) is 1.61. The molecule has 1 amide bonds. The largest absolute Gasteiger partial charge is 0.435 e. The molecule has 4 nitrogen and oxygen atoms in total. The van der Waals surface area contributed by atoms with Gasteiger partial charge in [0.05, 0.1) is 5.56 Å². The first-order valence-corrected chi connectivity index (χ1v) is 5.99. The summed E-state index contributed by atoms with van der Waals surface area (Å²) in [4.78, 5) is 13.3. The first-order valence-electron chi connectivity index (χ1n) is 5.99. The van der Waals surface area contributed by atoms with E-state index in [0.717, 1.165) is 17.3 Å². The minimum absolute atomic E-state index is 0.381. The van der Waals surface area contributed by atoms with Crippen molar-refractivity contribution in [3.05, 3.63) is 17.5 Å². The van der Waals surface area contributed by atoms with E-state index >= 15 is 0 Å². The van der Waals surface area contributed by atoms with E-state index in [4.69, 9.17) is 0 Å². The van der Waals surface area contributed by atoms with Crippen LogP contribution in [0.25, 0.3) is 0 Å². The lowest BCUT2D eigenvalue weighted by molar-refractivity contribution is -0.141. The quantitative estimate of drug-likeness (QED) is 0.848. The second kappa shape index (κ2) is 5.63. The molecule has 0 aliphatic rings. The first kappa shape index (κ1) is 15.5. The van der Waals surface area contributed by atoms with E-state index in [-0.39, 0.29) is 0 Å². The highest BCUT2D eigenvalue weighted by atomic mass is 19.4. The van der Waals surface area contributed by atoms with Crippen LogP contribution in [0.1, 0.15) is 36.3 Å². The monoisotopic (exact) mass is 277 g/mol. The molecule has 0 fully saturated rings. The van der Waals surface area contributed by atoms with Crippen LogP contribution < -0.4 is 0 Å². The number of aryl methyl sites for hydroxylation is 1. The Morgan fingerprint density at radius 2 is 2.05 bits per heavy atom. The minimum atomic E-state index is -4.62. The highest BCUT2D eigenvalue weighted by Crippen LogP contribution is 2.31. The van der Waals surface area contributed by atoms with Crippen LogP contribution in [-0.4, -0.2) is 34.2 Å². The molecule has 1 aromatic rings. The summed E-state index contributed by atoms with van der Waals surface area (Å²) in [6.07, 6.45) is -2.77. The molecule has 0 atom stereocenters. The minimum Gasteiger partial charge on any atom is -0.342 e. The summed E-state index contributed by atoms with van der Waals surface area (Å²) in [5, 5.41) is 3.32. The van der Waals surface area contributed by atoms with Gasteiger partial charge in [0.15, 0.2) is 5.69 Å². The van der Waals surface area contributed by atoms with Crippen molar-refractivity contribution in [1.82, 2.24) is 14.7 Å². The summed E-state index contributed by atoms with van der Waals surface area (Å²) in [6.45, 7) is 4.40. The molecule has 19 heavy (non-hydrogen) atoms. The maximum atomic E-state index is 12.8. The molecule has 0 N–H and O–H groups in total. The summed E-state index contributed by atoms with van der Waals surface area (Å²) in [7, 11) is 2.86. The highest BCUT2D eigenvalue weighted by molar-refractivity contribution is 5.95. The third-order valence-corrected chi connectivity index (χ3v) is 2.72. The summed E-state index contributed by atoms with van der Waals surface area (Å²) in [5.74, 6) is -0.271. The summed E-state index contributed by atoms with van der Waals surface area (Å²) in [6, 6.07) is 0. The summed E-state index contributed by atoms with van der Waals surface area (Å²) >= 11 is 0. The zero-order valence-electron chi connectivity index (χ0n) is 11.5. The lowest BCUT2D eigenvalue weighted by Gasteiger charge is -2.18. The average molecular weight is 277 g/mol. The number of aromatic nitrogens is 2. The van der Waals surface area contributed by atoms with E-state index in [1.165, 1.54) is 19.0 Å². The molecule has 0 unspecified atom stereocenters. The molecular weight excluding hydrogens is 259 g/mol. The first-order chi connectivity index (χ1) is 8.62. The molecule has 0 radical (unpaired) electrons. The predicted molar refractivity (Wildman–Crippen MR) is 64.6 cm³/mol. The lowest BCUT2D eigenvalue weighted by atomic mass is 10.1. The van der Waals surface area contributed by atoms with E-state index in [2.05, 4.69) is 5.10 Å². The molecule has 0 spiro atoms. The van der Waals surface area contributed by atoms with Gasteiger partial charge in [-0.2, -0.15) is 18.3 Å². The van der Waals surface area contributed by atoms with Crippen molar-refractivity contribution in [2.45, 2.75) is 26.4 Å². The highest BCUT2D eigenvalue weighted by Gasteiger charge is 2.39. The van der Waals surface area contributed by atoms with Crippen molar-refractivity contribution in [3.63, 3.8) is 0 Å². The Hall–Kier alpha value is -1.53. The van der Waals surface area contributed by atoms with Gasteiger partial charge in [-0.1, -0.05) is 13.8 Å². The molecule has 1 rings (SSSR count). The van der Waals surface area contributed by atoms with Gasteiger partial charge in [-0.25, -0.2) is 0 Å². The second-order valence-corrected chi connectivity index (χ2v) is 4.97. The Labute approximate surface area is 110 Å². The van der Waals surface area contributed by atoms with Gasteiger partial charge in [-0.3, -0.25) is 9.48 Å². The summed E-state index contributed by atoms with van der Waals surface area (Å²) in [5.41, 5.74) is -1.53. The van der Waals surface area contributed by atoms with Crippen molar-refractivity contribution >= 4 is 5.91 Å². The van der Waals surface area contributed by atoms with Crippen molar-refractivity contribution < 1.29 is 18.0 Å². The molecule has 0 saturated carbocycles. The van der Waals surface area contributed by atoms with Crippen molar-refractivity contribution in [3.8, 4) is 0 Å². The van der Waals surface area contributed by atoms with Gasteiger partial charge in [-0.15, -0.1) is 0 Å². The van der Waals surface area contributed by atoms with Gasteiger partial charge < -0.3 is 4.90 Å². The number of rotatable bonds is 4. The van der Waals surface area contributed by atoms with Crippen molar-refractivity contribution in [1.29, 1.82) is 0 Å². The van der Waals surface area contributed by atoms with E-state index in [0.29, 0.717) is 12.5 Å². The number of carbonyl (C=O) groups excluding carboxylic acids is 1. The van der Waals surface area contributed by atoms with E-state index in [1.807, 2.05) is 13.8 Å². The van der Waals surface area contributed by atoms with Gasteiger partial charge in [0.25, 0.3) is 5.91 Å². The van der Waals surface area contributed by atoms with Crippen LogP contribution in [0.5, 0.6) is 0 Å². The Morgan fingerprint density at radius 3 is 2.53 bits per heavy atom. The van der Waals surface area contributed by atoms with Crippen LogP contribution in [0.15, 0.2) is 6.20 Å². The van der Waals surface area contributed by atoms with Crippen LogP contribution in [-0.2, 0) is 13.2 Å². The fraction of sp³-hybridized carbons (Fsp3) is 0.667. The topological polar surface area (TPSA) is 38.1 Å². The number of hydrogen-bond donors (Lipinski definition) is 0. The number of nitrogens with zero attached hydrogens (tertiary/aromatic N) is 3. The Morgan fingerprint density at radius 1 is 1.47 bits per heavy atom. The SMILES string of the molecule is CC(C)CCN(C)C(=O)c1cn(C)nc1C(F)(F)F. The maximum absolute atomic E-state index is 12.8. The van der Waals surface area contributed by atoms with Gasteiger partial charge >= 0.3 is 6.18 Å². The van der Waals surface area contributed by atoms with Crippen LogP contribution in [0.4, 0.5) is 13.2 Å². The predicted octanol–water partition coefficient (Wildman–Crippen LogP) is 2.56. The zero-order chi connectivity index (χ0) is 14.8. The Bertz CT molecular complexity index is 452. The molecule has 1 heterocycles. The number of halogens is 3. The molecule has 0 saturated heterocycles. The van der Waals surface area contributed by atoms with E-state index < -0.39 is 23.3 Å². The maximum Gasteiger partial charge on any atom is 0.435 e. The van der Waals surface area contributed by atoms with Gasteiger partial charge in [-0.05, 0) is 12.3 Å². The fourth-order valence-electron chi connectivity index (χ4n) is 1.61. The molecular formula is C12H18F3N3O. The summed E-state index contributed by atoms with van der Waals surface area (Å²) < 4.78 is 39.3. The number of amides is 1. The Kier molecular flexibility index (Phi) is 4.60. The van der Waals surface area contributed by atoms with Crippen LogP contribution in [0, 0.1) is 5.92 Å².